The van der Waals surface area contributed by atoms with Crippen molar-refractivity contribution in [3.63, 3.8) is 0 Å². The van der Waals surface area contributed by atoms with Gasteiger partial charge in [0.05, 0.1) is 24.4 Å². The molecule has 2 aromatic rings. The summed E-state index contributed by atoms with van der Waals surface area (Å²) in [5.41, 5.74) is -7.22. The molecule has 5 nitrogen and oxygen atoms in total. The van der Waals surface area contributed by atoms with Gasteiger partial charge in [-0.2, -0.15) is 26.3 Å². The number of likely N-dealkylation sites (tertiary alicyclic amines) is 1. The third-order valence-corrected chi connectivity index (χ3v) is 6.20. The number of carbonyl (C=O) groups excluding carboxylic acids is 1. The van der Waals surface area contributed by atoms with E-state index in [0.717, 1.165) is 11.0 Å². The molecule has 0 aromatic heterocycles. The Bertz CT molecular complexity index is 1180. The Morgan fingerprint density at radius 2 is 1.69 bits per heavy atom. The number of hydrogen-bond donors (Lipinski definition) is 1. The van der Waals surface area contributed by atoms with Crippen molar-refractivity contribution in [2.24, 2.45) is 5.16 Å². The van der Waals surface area contributed by atoms with Crippen LogP contribution < -0.4 is 0 Å². The van der Waals surface area contributed by atoms with E-state index in [4.69, 9.17) is 21.5 Å². The molecule has 1 unspecified atom stereocenters. The van der Waals surface area contributed by atoms with Crippen LogP contribution in [0.1, 0.15) is 28.7 Å². The normalized spacial score (nSPS) is 21.9. The molecule has 0 bridgehead atoms. The molecule has 0 radical (unpaired) electrons. The summed E-state index contributed by atoms with van der Waals surface area (Å²) >= 11 is 5.68. The Hall–Kier alpha value is -2.86. The Kier molecular flexibility index (Phi) is 6.03. The van der Waals surface area contributed by atoms with Crippen molar-refractivity contribution >= 4 is 23.2 Å². The highest BCUT2D eigenvalue weighted by molar-refractivity contribution is 6.30. The van der Waals surface area contributed by atoms with E-state index < -0.39 is 58.7 Å². The fourth-order valence-electron chi connectivity index (χ4n) is 4.02. The van der Waals surface area contributed by atoms with Gasteiger partial charge < -0.3 is 14.8 Å². The zero-order valence-electron chi connectivity index (χ0n) is 17.6. The Morgan fingerprint density at radius 1 is 1.06 bits per heavy atom. The van der Waals surface area contributed by atoms with Crippen LogP contribution in [-0.2, 0) is 27.1 Å². The molecule has 13 heteroatoms. The van der Waals surface area contributed by atoms with E-state index in [2.05, 4.69) is 5.16 Å². The highest BCUT2D eigenvalue weighted by atomic mass is 35.5. The van der Waals surface area contributed by atoms with Gasteiger partial charge in [-0.1, -0.05) is 41.0 Å². The molecule has 1 atom stereocenters. The summed E-state index contributed by atoms with van der Waals surface area (Å²) in [5, 5.41) is 11.8. The molecule has 1 fully saturated rings. The molecular formula is C22H16ClF7N2O3. The average Bonchev–Trinajstić information content (AvgIpc) is 3.22. The van der Waals surface area contributed by atoms with Crippen molar-refractivity contribution < 1.29 is 45.5 Å². The van der Waals surface area contributed by atoms with E-state index in [9.17, 15) is 35.5 Å². The van der Waals surface area contributed by atoms with Crippen molar-refractivity contribution in [1.82, 2.24) is 4.90 Å². The van der Waals surface area contributed by atoms with Crippen molar-refractivity contribution in [3.8, 4) is 0 Å². The lowest BCUT2D eigenvalue weighted by Gasteiger charge is -2.44. The molecule has 1 N–H and O–H groups in total. The van der Waals surface area contributed by atoms with Gasteiger partial charge in [0.15, 0.2) is 5.67 Å². The average molecular weight is 525 g/mol. The lowest BCUT2D eigenvalue weighted by atomic mass is 9.84. The Morgan fingerprint density at radius 3 is 2.23 bits per heavy atom. The number of hydrogen-bond acceptors (Lipinski definition) is 4. The predicted molar refractivity (Wildman–Crippen MR) is 109 cm³/mol. The first-order valence-electron chi connectivity index (χ1n) is 10.1. The van der Waals surface area contributed by atoms with Crippen LogP contribution in [0.2, 0.25) is 5.02 Å². The van der Waals surface area contributed by atoms with Gasteiger partial charge in [-0.3, -0.25) is 4.79 Å². The maximum atomic E-state index is 15.0. The lowest BCUT2D eigenvalue weighted by molar-refractivity contribution is -0.276. The number of amides is 1. The van der Waals surface area contributed by atoms with Crippen LogP contribution in [0.25, 0.3) is 0 Å². The first-order chi connectivity index (χ1) is 16.2. The van der Waals surface area contributed by atoms with Gasteiger partial charge in [-0.15, -0.1) is 0 Å². The molecule has 0 saturated carbocycles. The third kappa shape index (κ3) is 4.44. The van der Waals surface area contributed by atoms with Crippen LogP contribution in [-0.4, -0.2) is 47.5 Å². The number of aliphatic hydroxyl groups is 1. The summed E-state index contributed by atoms with van der Waals surface area (Å²) in [7, 11) is 0. The predicted octanol–water partition coefficient (Wildman–Crippen LogP) is 4.94. The minimum Gasteiger partial charge on any atom is -0.387 e. The van der Waals surface area contributed by atoms with Crippen LogP contribution in [0.5, 0.6) is 0 Å². The molecule has 1 amide bonds. The van der Waals surface area contributed by atoms with Gasteiger partial charge in [0.2, 0.25) is 5.91 Å². The van der Waals surface area contributed by atoms with Gasteiger partial charge in [0.25, 0.3) is 5.60 Å². The zero-order chi connectivity index (χ0) is 25.8. The molecule has 188 valence electrons. The quantitative estimate of drug-likeness (QED) is 0.576. The van der Waals surface area contributed by atoms with Crippen LogP contribution in [0, 0.1) is 0 Å². The highest BCUT2D eigenvalue weighted by Crippen LogP contribution is 2.50. The van der Waals surface area contributed by atoms with Crippen LogP contribution >= 0.6 is 11.6 Å². The van der Waals surface area contributed by atoms with Crippen molar-refractivity contribution in [1.29, 1.82) is 0 Å². The fourth-order valence-corrected chi connectivity index (χ4v) is 4.26. The number of rotatable bonds is 4. The lowest BCUT2D eigenvalue weighted by Crippen LogP contribution is -2.59. The third-order valence-electron chi connectivity index (χ3n) is 5.98. The molecule has 4 rings (SSSR count). The molecule has 2 aliphatic rings. The summed E-state index contributed by atoms with van der Waals surface area (Å²) in [6, 6.07) is 6.81. The number of carbonyl (C=O) groups is 1. The number of nitrogens with zero attached hydrogens (tertiary/aromatic N) is 2. The van der Waals surface area contributed by atoms with Crippen LogP contribution in [0.4, 0.5) is 30.7 Å². The summed E-state index contributed by atoms with van der Waals surface area (Å²) in [6.45, 7) is -1.33. The maximum Gasteiger partial charge on any atom is 0.435 e. The molecule has 2 aliphatic heterocycles. The van der Waals surface area contributed by atoms with Crippen LogP contribution in [0.3, 0.4) is 0 Å². The molecule has 0 spiro atoms. The van der Waals surface area contributed by atoms with Gasteiger partial charge in [-0.05, 0) is 29.3 Å². The van der Waals surface area contributed by atoms with E-state index >= 15 is 0 Å². The molecule has 2 heterocycles. The van der Waals surface area contributed by atoms with Crippen molar-refractivity contribution in [3.05, 3.63) is 69.7 Å². The summed E-state index contributed by atoms with van der Waals surface area (Å²) < 4.78 is 96.9. The van der Waals surface area contributed by atoms with E-state index in [-0.39, 0.29) is 29.9 Å². The van der Waals surface area contributed by atoms with E-state index in [1.807, 2.05) is 0 Å². The largest absolute Gasteiger partial charge is 0.435 e. The summed E-state index contributed by atoms with van der Waals surface area (Å²) in [6.07, 6.45) is -11.0. The van der Waals surface area contributed by atoms with E-state index in [0.29, 0.717) is 12.1 Å². The number of oxime groups is 1. The van der Waals surface area contributed by atoms with Gasteiger partial charge >= 0.3 is 12.4 Å². The second kappa shape index (κ2) is 8.37. The standard InChI is InChI=1S/C22H16ClF7N2O3/c23-16-6-14(5-15(7-16)21(25,26)27)20(22(28,29)30)8-17(31-35-20)12-1-3-13(4-2-12)19(24)10-32(11-19)18(34)9-33/h1-7,33H,8-11H2. The molecule has 1 saturated heterocycles. The minimum atomic E-state index is -5.15. The summed E-state index contributed by atoms with van der Waals surface area (Å²) in [5.74, 6) is -0.634. The van der Waals surface area contributed by atoms with Crippen molar-refractivity contribution in [2.45, 2.75) is 30.0 Å². The Labute approximate surface area is 198 Å². The van der Waals surface area contributed by atoms with Crippen molar-refractivity contribution in [2.75, 3.05) is 19.7 Å². The fraction of sp³-hybridized carbons (Fsp3) is 0.364. The zero-order valence-corrected chi connectivity index (χ0v) is 18.3. The number of alkyl halides is 7. The van der Waals surface area contributed by atoms with E-state index in [1.54, 1.807) is 0 Å². The first kappa shape index (κ1) is 25.2. The number of aliphatic hydroxyl groups excluding tert-OH is 1. The second-order valence-corrected chi connectivity index (χ2v) is 8.74. The van der Waals surface area contributed by atoms with E-state index in [1.165, 1.54) is 24.3 Å². The molecule has 0 aliphatic carbocycles. The topological polar surface area (TPSA) is 62.1 Å². The first-order valence-corrected chi connectivity index (χ1v) is 10.4. The minimum absolute atomic E-state index is 0.143. The maximum absolute atomic E-state index is 15.0. The monoisotopic (exact) mass is 524 g/mol. The second-order valence-electron chi connectivity index (χ2n) is 8.31. The highest BCUT2D eigenvalue weighted by Gasteiger charge is 2.62. The van der Waals surface area contributed by atoms with Gasteiger partial charge in [0, 0.05) is 17.0 Å². The molecule has 35 heavy (non-hydrogen) atoms. The molecular weight excluding hydrogens is 509 g/mol. The van der Waals surface area contributed by atoms with Gasteiger partial charge in [-0.25, -0.2) is 4.39 Å². The smallest absolute Gasteiger partial charge is 0.387 e. The molecule has 2 aromatic carbocycles. The number of benzene rings is 2. The summed E-state index contributed by atoms with van der Waals surface area (Å²) in [4.78, 5) is 17.3. The number of halogens is 8. The Balaban J connectivity index is 1.60. The van der Waals surface area contributed by atoms with Crippen LogP contribution in [0.15, 0.2) is 47.6 Å². The van der Waals surface area contributed by atoms with Gasteiger partial charge in [0.1, 0.15) is 6.61 Å². The SMILES string of the molecule is O=C(CO)N1CC(F)(c2ccc(C3=NOC(c4cc(Cl)cc(C(F)(F)F)c4)(C(F)(F)F)C3)cc2)C1.